The van der Waals surface area contributed by atoms with Gasteiger partial charge in [-0.3, -0.25) is 4.79 Å². The number of pyridine rings is 1. The first-order valence-electron chi connectivity index (χ1n) is 9.33. The fraction of sp³-hybridized carbons (Fsp3) is 0.474. The molecule has 1 aromatic heterocycles. The Morgan fingerprint density at radius 2 is 1.90 bits per heavy atom. The van der Waals surface area contributed by atoms with Crippen molar-refractivity contribution in [2.45, 2.75) is 38.7 Å². The maximum atomic E-state index is 15.2. The van der Waals surface area contributed by atoms with Gasteiger partial charge in [0, 0.05) is 25.2 Å². The predicted octanol–water partition coefficient (Wildman–Crippen LogP) is 2.95. The quantitative estimate of drug-likeness (QED) is 0.550. The Kier molecular flexibility index (Phi) is 6.03. The van der Waals surface area contributed by atoms with Crippen molar-refractivity contribution in [2.24, 2.45) is 0 Å². The minimum atomic E-state index is -4.72. The summed E-state index contributed by atoms with van der Waals surface area (Å²) in [6, 6.07) is 0.716. The van der Waals surface area contributed by atoms with Crippen molar-refractivity contribution in [2.75, 3.05) is 25.1 Å². The van der Waals surface area contributed by atoms with Gasteiger partial charge in [0.1, 0.15) is 12.2 Å². The van der Waals surface area contributed by atoms with Crippen LogP contribution in [0.3, 0.4) is 0 Å². The summed E-state index contributed by atoms with van der Waals surface area (Å²) in [6.07, 6.45) is -5.97. The Morgan fingerprint density at radius 3 is 2.42 bits per heavy atom. The summed E-state index contributed by atoms with van der Waals surface area (Å²) in [5, 5.41) is 11.6. The third-order valence-corrected chi connectivity index (χ3v) is 4.84. The number of carboxylic acid groups (broad SMARTS) is 1. The topological polar surface area (TPSA) is 93.0 Å². The Bertz CT molecular complexity index is 1060. The van der Waals surface area contributed by atoms with Crippen LogP contribution in [0.1, 0.15) is 13.8 Å². The highest BCUT2D eigenvalue weighted by atomic mass is 19.4. The van der Waals surface area contributed by atoms with Gasteiger partial charge in [0.2, 0.25) is 5.43 Å². The van der Waals surface area contributed by atoms with Gasteiger partial charge in [0.15, 0.2) is 17.3 Å². The number of alkyl halides is 3. The molecule has 0 spiro atoms. The van der Waals surface area contributed by atoms with E-state index in [0.717, 1.165) is 13.2 Å². The van der Waals surface area contributed by atoms with Gasteiger partial charge in [-0.25, -0.2) is 9.18 Å². The highest BCUT2D eigenvalue weighted by Gasteiger charge is 2.33. The first-order chi connectivity index (χ1) is 14.4. The Morgan fingerprint density at radius 1 is 1.29 bits per heavy atom. The zero-order valence-electron chi connectivity index (χ0n) is 16.9. The molecule has 0 amide bonds. The van der Waals surface area contributed by atoms with Crippen LogP contribution in [0.4, 0.5) is 28.0 Å². The van der Waals surface area contributed by atoms with Crippen molar-refractivity contribution in [3.63, 3.8) is 0 Å². The molecular formula is C19H21F4N3O5. The number of hydrogen-bond acceptors (Lipinski definition) is 6. The lowest BCUT2D eigenvalue weighted by molar-refractivity contribution is -0.140. The van der Waals surface area contributed by atoms with Crippen LogP contribution in [-0.4, -0.2) is 54.3 Å². The van der Waals surface area contributed by atoms with Gasteiger partial charge in [-0.05, 0) is 19.9 Å². The molecule has 31 heavy (non-hydrogen) atoms. The van der Waals surface area contributed by atoms with E-state index in [-0.39, 0.29) is 29.0 Å². The molecule has 3 rings (SSSR count). The number of rotatable bonds is 4. The van der Waals surface area contributed by atoms with E-state index in [4.69, 9.17) is 9.84 Å². The largest absolute Gasteiger partial charge is 0.511 e. The van der Waals surface area contributed by atoms with Crippen LogP contribution < -0.4 is 25.1 Å². The number of ether oxygens (including phenoxy) is 2. The summed E-state index contributed by atoms with van der Waals surface area (Å²) >= 11 is 0. The molecule has 2 heterocycles. The van der Waals surface area contributed by atoms with Crippen molar-refractivity contribution in [1.29, 1.82) is 0 Å². The van der Waals surface area contributed by atoms with Crippen molar-refractivity contribution in [1.82, 2.24) is 9.88 Å². The minimum Gasteiger partial charge on any atom is -0.492 e. The maximum absolute atomic E-state index is 15.2. The average molecular weight is 447 g/mol. The number of nitrogens with zero attached hydrogens (tertiary/aromatic N) is 2. The Hall–Kier alpha value is -3.02. The Labute approximate surface area is 174 Å². The van der Waals surface area contributed by atoms with Crippen LogP contribution in [0.25, 0.3) is 10.9 Å². The molecule has 0 radical (unpaired) electrons. The molecule has 0 bridgehead atoms. The van der Waals surface area contributed by atoms with Gasteiger partial charge in [-0.1, -0.05) is 0 Å². The Balaban J connectivity index is 2.34. The monoisotopic (exact) mass is 447 g/mol. The highest BCUT2D eigenvalue weighted by molar-refractivity contribution is 5.92. The van der Waals surface area contributed by atoms with Crippen molar-refractivity contribution < 1.29 is 36.9 Å². The van der Waals surface area contributed by atoms with Crippen molar-refractivity contribution in [3.8, 4) is 11.5 Å². The molecule has 1 aliphatic rings. The first kappa shape index (κ1) is 22.7. The second-order valence-corrected chi connectivity index (χ2v) is 7.44. The number of carbonyl (C=O) groups is 1. The van der Waals surface area contributed by atoms with Crippen LogP contribution in [0.5, 0.6) is 11.5 Å². The average Bonchev–Trinajstić information content (AvgIpc) is 2.62. The fourth-order valence-electron chi connectivity index (χ4n) is 3.94. The van der Waals surface area contributed by atoms with E-state index < -0.39 is 41.3 Å². The number of fused-ring (bicyclic) bond motifs is 1. The molecule has 1 saturated heterocycles. The lowest BCUT2D eigenvalue weighted by Gasteiger charge is -2.38. The first-order valence-corrected chi connectivity index (χ1v) is 9.33. The predicted molar refractivity (Wildman–Crippen MR) is 104 cm³/mol. The van der Waals surface area contributed by atoms with Gasteiger partial charge in [-0.15, -0.1) is 0 Å². The third kappa shape index (κ3) is 4.68. The molecule has 170 valence electrons. The normalized spacial score (nSPS) is 19.5. The second-order valence-electron chi connectivity index (χ2n) is 7.44. The molecule has 0 saturated carbocycles. The summed E-state index contributed by atoms with van der Waals surface area (Å²) in [5.74, 6) is -2.00. The van der Waals surface area contributed by atoms with Crippen LogP contribution in [0, 0.1) is 5.82 Å². The number of hydrogen-bond donors (Lipinski definition) is 2. The smallest absolute Gasteiger partial charge is 0.492 e. The lowest BCUT2D eigenvalue weighted by atomic mass is 10.1. The molecule has 1 fully saturated rings. The minimum absolute atomic E-state index is 0.0349. The van der Waals surface area contributed by atoms with E-state index in [0.29, 0.717) is 23.9 Å². The van der Waals surface area contributed by atoms with Crippen LogP contribution in [-0.2, 0) is 6.54 Å². The number of halogens is 4. The third-order valence-electron chi connectivity index (χ3n) is 4.84. The van der Waals surface area contributed by atoms with Gasteiger partial charge in [0.05, 0.1) is 24.2 Å². The van der Waals surface area contributed by atoms with Gasteiger partial charge >= 0.3 is 12.3 Å². The number of piperazine rings is 1. The second kappa shape index (κ2) is 8.25. The number of benzene rings is 1. The SMILES string of the molecule is COc1c(N2CC(C)NC(C)C2)c(F)cc2c(=O)c(OC(=O)O)cn(CC(F)(F)F)c12. The molecule has 8 nitrogen and oxygen atoms in total. The molecule has 2 atom stereocenters. The molecule has 2 unspecified atom stereocenters. The van der Waals surface area contributed by atoms with Crippen LogP contribution in [0.15, 0.2) is 17.1 Å². The zero-order chi connectivity index (χ0) is 23.1. The van der Waals surface area contributed by atoms with Crippen molar-refractivity contribution in [3.05, 3.63) is 28.3 Å². The summed E-state index contributed by atoms with van der Waals surface area (Å²) in [4.78, 5) is 25.2. The maximum Gasteiger partial charge on any atom is 0.511 e. The zero-order valence-corrected chi connectivity index (χ0v) is 16.9. The van der Waals surface area contributed by atoms with E-state index in [1.54, 1.807) is 4.90 Å². The number of aromatic nitrogens is 1. The summed E-state index contributed by atoms with van der Waals surface area (Å²) in [7, 11) is 1.16. The van der Waals surface area contributed by atoms with E-state index in [1.807, 2.05) is 13.8 Å². The van der Waals surface area contributed by atoms with E-state index >= 15 is 4.39 Å². The van der Waals surface area contributed by atoms with Crippen molar-refractivity contribution >= 4 is 22.7 Å². The van der Waals surface area contributed by atoms with Crippen LogP contribution >= 0.6 is 0 Å². The molecule has 1 aromatic carbocycles. The van der Waals surface area contributed by atoms with E-state index in [9.17, 15) is 22.8 Å². The van der Waals surface area contributed by atoms with Gasteiger partial charge in [-0.2, -0.15) is 13.2 Å². The molecular weight excluding hydrogens is 426 g/mol. The highest BCUT2D eigenvalue weighted by Crippen LogP contribution is 2.40. The van der Waals surface area contributed by atoms with E-state index in [2.05, 4.69) is 10.1 Å². The lowest BCUT2D eigenvalue weighted by Crippen LogP contribution is -2.54. The standard InChI is InChI=1S/C19H21F4N3O5/c1-9-5-25(6-10(2)24-9)15-12(20)4-11-14(17(15)30-3)26(8-19(21,22)23)7-13(16(11)27)31-18(28)29/h4,7,9-10,24H,5-6,8H2,1-3H3,(H,28,29). The summed E-state index contributed by atoms with van der Waals surface area (Å²) in [5.41, 5.74) is -1.45. The summed E-state index contributed by atoms with van der Waals surface area (Å²) in [6.45, 7) is 2.89. The van der Waals surface area contributed by atoms with E-state index in [1.165, 1.54) is 0 Å². The number of methoxy groups -OCH3 is 1. The molecule has 12 heteroatoms. The fourth-order valence-corrected chi connectivity index (χ4v) is 3.94. The molecule has 0 aliphatic carbocycles. The molecule has 2 aromatic rings. The summed E-state index contributed by atoms with van der Waals surface area (Å²) < 4.78 is 65.1. The van der Waals surface area contributed by atoms with Crippen LogP contribution in [0.2, 0.25) is 0 Å². The molecule has 1 aliphatic heterocycles. The number of anilines is 1. The molecule has 2 N–H and O–H groups in total. The van der Waals surface area contributed by atoms with Gasteiger partial charge < -0.3 is 29.4 Å². The van der Waals surface area contributed by atoms with Gasteiger partial charge in [0.25, 0.3) is 0 Å². The number of nitrogens with one attached hydrogen (secondary N) is 1.